The number of amides is 2. The number of sulfonamides is 1. The van der Waals surface area contributed by atoms with E-state index in [9.17, 15) is 18.0 Å². The van der Waals surface area contributed by atoms with Gasteiger partial charge in [-0.3, -0.25) is 9.59 Å². The number of primary sulfonamides is 1. The Morgan fingerprint density at radius 3 is 2.44 bits per heavy atom. The fraction of sp³-hybridized carbons (Fsp3) is 0.0909. The van der Waals surface area contributed by atoms with Crippen molar-refractivity contribution >= 4 is 50.3 Å². The maximum absolute atomic E-state index is 12.7. The third-order valence-corrected chi connectivity index (χ3v) is 6.14. The van der Waals surface area contributed by atoms with Crippen LogP contribution in [-0.4, -0.2) is 20.2 Å². The topological polar surface area (TPSA) is 132 Å². The van der Waals surface area contributed by atoms with Gasteiger partial charge in [-0.15, -0.1) is 0 Å². The molecule has 2 aromatic carbocycles. The Morgan fingerprint density at radius 1 is 1.00 bits per heavy atom. The molecule has 10 heteroatoms. The molecule has 0 aliphatic heterocycles. The van der Waals surface area contributed by atoms with Gasteiger partial charge in [0.25, 0.3) is 5.91 Å². The fourth-order valence-electron chi connectivity index (χ4n) is 3.30. The lowest BCUT2D eigenvalue weighted by Crippen LogP contribution is -2.26. The SMILES string of the molecule is NS(=O)(=O)c1cc(NC(=O)Cc2ccccc2Cl)ccc1C(=O)NCc1cc2ccc1o2. The lowest BCUT2D eigenvalue weighted by molar-refractivity contribution is -0.115. The molecule has 0 aliphatic carbocycles. The summed E-state index contributed by atoms with van der Waals surface area (Å²) in [5.74, 6) is -1.03. The molecule has 0 fully saturated rings. The first kappa shape index (κ1) is 21.8. The Labute approximate surface area is 188 Å². The number of carbonyl (C=O) groups excluding carboxylic acids is 2. The highest BCUT2D eigenvalue weighted by atomic mass is 35.5. The molecule has 2 amide bonds. The van der Waals surface area contributed by atoms with Crippen LogP contribution in [0, 0.1) is 0 Å². The standard InChI is InChI=1S/C22H18ClN3O5S/c23-18-4-2-1-3-13(18)10-21(27)26-15-5-7-17(20(11-15)32(24,29)30)22(28)25-12-14-9-16-6-8-19(14)31-16/h1-9,11H,10,12H2,(H,25,28)(H,26,27)(H2,24,29,30). The summed E-state index contributed by atoms with van der Waals surface area (Å²) in [5, 5.41) is 11.0. The van der Waals surface area contributed by atoms with E-state index in [1.807, 2.05) is 0 Å². The number of nitrogens with one attached hydrogen (secondary N) is 2. The van der Waals surface area contributed by atoms with Gasteiger partial charge in [0.15, 0.2) is 0 Å². The minimum atomic E-state index is -4.24. The van der Waals surface area contributed by atoms with Crippen LogP contribution in [0.25, 0.3) is 11.2 Å². The Kier molecular flexibility index (Phi) is 5.88. The van der Waals surface area contributed by atoms with Crippen molar-refractivity contribution in [1.82, 2.24) is 5.32 Å². The summed E-state index contributed by atoms with van der Waals surface area (Å²) in [7, 11) is -4.24. The van der Waals surface area contributed by atoms with Gasteiger partial charge >= 0.3 is 0 Å². The maximum Gasteiger partial charge on any atom is 0.252 e. The van der Waals surface area contributed by atoms with Crippen LogP contribution in [0.1, 0.15) is 21.5 Å². The fourth-order valence-corrected chi connectivity index (χ4v) is 4.26. The van der Waals surface area contributed by atoms with Gasteiger partial charge in [0.05, 0.1) is 16.9 Å². The number of benzene rings is 3. The first-order valence-electron chi connectivity index (χ1n) is 9.50. The van der Waals surface area contributed by atoms with Crippen LogP contribution in [0.4, 0.5) is 5.69 Å². The molecular weight excluding hydrogens is 454 g/mol. The molecule has 164 valence electrons. The van der Waals surface area contributed by atoms with Crippen molar-refractivity contribution in [2.45, 2.75) is 17.9 Å². The van der Waals surface area contributed by atoms with Gasteiger partial charge in [0.2, 0.25) is 15.9 Å². The summed E-state index contributed by atoms with van der Waals surface area (Å²) in [6.45, 7) is 0.155. The molecular formula is C22H18ClN3O5S. The molecule has 8 nitrogen and oxygen atoms in total. The number of hydrogen-bond acceptors (Lipinski definition) is 5. The Hall–Kier alpha value is -3.40. The minimum Gasteiger partial charge on any atom is -0.457 e. The van der Waals surface area contributed by atoms with Crippen molar-refractivity contribution in [2.24, 2.45) is 5.14 Å². The van der Waals surface area contributed by atoms with E-state index in [4.69, 9.17) is 21.2 Å². The third-order valence-electron chi connectivity index (χ3n) is 4.82. The van der Waals surface area contributed by atoms with E-state index in [-0.39, 0.29) is 24.2 Å². The number of furan rings is 2. The van der Waals surface area contributed by atoms with Gasteiger partial charge in [0, 0.05) is 22.8 Å². The molecule has 2 heterocycles. The highest BCUT2D eigenvalue weighted by Crippen LogP contribution is 2.23. The molecule has 0 atom stereocenters. The van der Waals surface area contributed by atoms with Crippen molar-refractivity contribution in [3.05, 3.63) is 82.4 Å². The summed E-state index contributed by atoms with van der Waals surface area (Å²) in [6.07, 6.45) is -0.00388. The van der Waals surface area contributed by atoms with Gasteiger partial charge in [-0.05, 0) is 48.0 Å². The average Bonchev–Trinajstić information content (AvgIpc) is 3.36. The van der Waals surface area contributed by atoms with E-state index in [2.05, 4.69) is 10.6 Å². The molecule has 0 unspecified atom stereocenters. The van der Waals surface area contributed by atoms with Crippen LogP contribution in [0.3, 0.4) is 0 Å². The number of nitrogens with two attached hydrogens (primary N) is 1. The third kappa shape index (κ3) is 4.75. The van der Waals surface area contributed by atoms with E-state index >= 15 is 0 Å². The maximum atomic E-state index is 12.7. The van der Waals surface area contributed by atoms with Gasteiger partial charge in [0.1, 0.15) is 11.2 Å². The number of halogens is 1. The van der Waals surface area contributed by atoms with Crippen LogP contribution in [-0.2, 0) is 27.8 Å². The van der Waals surface area contributed by atoms with Crippen molar-refractivity contribution in [2.75, 3.05) is 5.32 Å². The molecule has 4 N–H and O–H groups in total. The van der Waals surface area contributed by atoms with Crippen LogP contribution in [0.5, 0.6) is 0 Å². The second-order valence-corrected chi connectivity index (χ2v) is 9.06. The number of rotatable bonds is 7. The van der Waals surface area contributed by atoms with E-state index in [1.165, 1.54) is 12.1 Å². The van der Waals surface area contributed by atoms with E-state index < -0.39 is 26.7 Å². The molecule has 0 aliphatic rings. The van der Waals surface area contributed by atoms with E-state index in [1.54, 1.807) is 42.5 Å². The predicted octanol–water partition coefficient (Wildman–Crippen LogP) is 3.28. The Balaban J connectivity index is 1.50. The lowest BCUT2D eigenvalue weighted by atomic mass is 10.1. The van der Waals surface area contributed by atoms with Crippen molar-refractivity contribution < 1.29 is 22.4 Å². The monoisotopic (exact) mass is 471 g/mol. The van der Waals surface area contributed by atoms with Gasteiger partial charge in [-0.25, -0.2) is 13.6 Å². The summed E-state index contributed by atoms with van der Waals surface area (Å²) < 4.78 is 29.6. The highest BCUT2D eigenvalue weighted by molar-refractivity contribution is 7.89. The van der Waals surface area contributed by atoms with Crippen LogP contribution in [0.15, 0.2) is 70.0 Å². The van der Waals surface area contributed by atoms with Crippen molar-refractivity contribution in [1.29, 1.82) is 0 Å². The highest BCUT2D eigenvalue weighted by Gasteiger charge is 2.21. The zero-order valence-corrected chi connectivity index (χ0v) is 18.2. The van der Waals surface area contributed by atoms with Crippen molar-refractivity contribution in [3.63, 3.8) is 0 Å². The smallest absolute Gasteiger partial charge is 0.252 e. The largest absolute Gasteiger partial charge is 0.457 e. The molecule has 32 heavy (non-hydrogen) atoms. The molecule has 2 aromatic heterocycles. The second-order valence-electron chi connectivity index (χ2n) is 7.13. The normalized spacial score (nSPS) is 11.6. The van der Waals surface area contributed by atoms with Crippen LogP contribution < -0.4 is 15.8 Å². The molecule has 0 saturated heterocycles. The quantitative estimate of drug-likeness (QED) is 0.380. The summed E-state index contributed by atoms with van der Waals surface area (Å²) in [4.78, 5) is 24.6. The number of carbonyl (C=O) groups is 2. The number of hydrogen-bond donors (Lipinski definition) is 3. The molecule has 0 radical (unpaired) electrons. The zero-order valence-electron chi connectivity index (χ0n) is 16.6. The average molecular weight is 472 g/mol. The van der Waals surface area contributed by atoms with Gasteiger partial charge in [-0.2, -0.15) is 0 Å². The number of fused-ring (bicyclic) bond motifs is 2. The molecule has 2 bridgehead atoms. The molecule has 4 rings (SSSR count). The molecule has 4 aromatic rings. The van der Waals surface area contributed by atoms with Gasteiger partial charge < -0.3 is 15.1 Å². The van der Waals surface area contributed by atoms with E-state index in [0.29, 0.717) is 21.8 Å². The molecule has 0 spiro atoms. The minimum absolute atomic E-state index is 0.00388. The predicted molar refractivity (Wildman–Crippen MR) is 120 cm³/mol. The summed E-state index contributed by atoms with van der Waals surface area (Å²) >= 11 is 6.07. The van der Waals surface area contributed by atoms with Crippen molar-refractivity contribution in [3.8, 4) is 0 Å². The Morgan fingerprint density at radius 2 is 1.78 bits per heavy atom. The second kappa shape index (κ2) is 8.62. The van der Waals surface area contributed by atoms with Crippen LogP contribution >= 0.6 is 11.6 Å². The number of anilines is 1. The first-order valence-corrected chi connectivity index (χ1v) is 11.4. The summed E-state index contributed by atoms with van der Waals surface area (Å²) in [5.41, 5.74) is 2.78. The van der Waals surface area contributed by atoms with Gasteiger partial charge in [-0.1, -0.05) is 29.8 Å². The zero-order chi connectivity index (χ0) is 22.9. The van der Waals surface area contributed by atoms with Crippen LogP contribution in [0.2, 0.25) is 5.02 Å². The van der Waals surface area contributed by atoms with E-state index in [0.717, 1.165) is 11.6 Å². The first-order chi connectivity index (χ1) is 15.2. The lowest BCUT2D eigenvalue weighted by Gasteiger charge is -2.12. The Bertz CT molecular complexity index is 1410. The summed E-state index contributed by atoms with van der Waals surface area (Å²) in [6, 6.07) is 16.2. The molecule has 0 saturated carbocycles.